The topological polar surface area (TPSA) is 46.9 Å². The molecule has 1 aromatic heterocycles. The number of hydrogen-bond donors (Lipinski definition) is 1. The summed E-state index contributed by atoms with van der Waals surface area (Å²) in [6.45, 7) is 4.02. The molecule has 2 atom stereocenters. The van der Waals surface area contributed by atoms with Crippen molar-refractivity contribution < 1.29 is 4.79 Å². The van der Waals surface area contributed by atoms with Crippen LogP contribution in [0.15, 0.2) is 6.07 Å². The van der Waals surface area contributed by atoms with Crippen molar-refractivity contribution in [3.8, 4) is 0 Å². The standard InChI is InChI=1S/C11H17N3O/c1-7-4-9(15)6-10(12-7)11-5-8(2)13-14(11)3/h5,7,10,12H,4,6H2,1-3H3. The molecule has 2 heterocycles. The molecule has 4 heteroatoms. The molecule has 1 aromatic rings. The van der Waals surface area contributed by atoms with Crippen molar-refractivity contribution in [1.82, 2.24) is 15.1 Å². The number of carbonyl (C=O) groups excluding carboxylic acids is 1. The van der Waals surface area contributed by atoms with E-state index in [2.05, 4.69) is 10.4 Å². The van der Waals surface area contributed by atoms with Gasteiger partial charge in [0.1, 0.15) is 5.78 Å². The summed E-state index contributed by atoms with van der Waals surface area (Å²) in [6, 6.07) is 2.45. The quantitative estimate of drug-likeness (QED) is 0.750. The third-order valence-electron chi connectivity index (χ3n) is 2.85. The summed E-state index contributed by atoms with van der Waals surface area (Å²) < 4.78 is 1.86. The molecule has 0 aliphatic carbocycles. The number of nitrogens with zero attached hydrogens (tertiary/aromatic N) is 2. The number of aryl methyl sites for hydroxylation is 2. The van der Waals surface area contributed by atoms with E-state index in [-0.39, 0.29) is 12.1 Å². The molecule has 82 valence electrons. The van der Waals surface area contributed by atoms with Crippen molar-refractivity contribution in [3.63, 3.8) is 0 Å². The lowest BCUT2D eigenvalue weighted by Gasteiger charge is -2.27. The van der Waals surface area contributed by atoms with Gasteiger partial charge in [-0.25, -0.2) is 0 Å². The molecule has 4 nitrogen and oxygen atoms in total. The van der Waals surface area contributed by atoms with Gasteiger partial charge in [-0.3, -0.25) is 9.48 Å². The van der Waals surface area contributed by atoms with Gasteiger partial charge in [0.2, 0.25) is 0 Å². The highest BCUT2D eigenvalue weighted by atomic mass is 16.1. The van der Waals surface area contributed by atoms with Gasteiger partial charge < -0.3 is 5.32 Å². The Hall–Kier alpha value is -1.16. The summed E-state index contributed by atoms with van der Waals surface area (Å²) in [5.74, 6) is 0.338. The molecule has 0 aromatic carbocycles. The maximum absolute atomic E-state index is 11.5. The van der Waals surface area contributed by atoms with Crippen LogP contribution in [0.1, 0.15) is 37.2 Å². The lowest BCUT2D eigenvalue weighted by atomic mass is 9.96. The predicted molar refractivity (Wildman–Crippen MR) is 57.5 cm³/mol. The van der Waals surface area contributed by atoms with Crippen molar-refractivity contribution >= 4 is 5.78 Å². The first kappa shape index (κ1) is 10.4. The Kier molecular flexibility index (Phi) is 2.61. The van der Waals surface area contributed by atoms with E-state index in [0.29, 0.717) is 18.6 Å². The normalized spacial score (nSPS) is 27.0. The zero-order chi connectivity index (χ0) is 11.0. The number of aromatic nitrogens is 2. The highest BCUT2D eigenvalue weighted by molar-refractivity contribution is 5.80. The minimum atomic E-state index is 0.132. The SMILES string of the molecule is Cc1cc(C2CC(=O)CC(C)N2)n(C)n1. The van der Waals surface area contributed by atoms with Crippen LogP contribution >= 0.6 is 0 Å². The van der Waals surface area contributed by atoms with E-state index in [1.54, 1.807) is 0 Å². The van der Waals surface area contributed by atoms with E-state index in [4.69, 9.17) is 0 Å². The van der Waals surface area contributed by atoms with Crippen LogP contribution in [0.2, 0.25) is 0 Å². The first-order valence-corrected chi connectivity index (χ1v) is 5.34. The summed E-state index contributed by atoms with van der Waals surface area (Å²) in [4.78, 5) is 11.5. The molecule has 1 aliphatic heterocycles. The average molecular weight is 207 g/mol. The molecular formula is C11H17N3O. The number of piperidine rings is 1. The Morgan fingerprint density at radius 3 is 2.80 bits per heavy atom. The molecule has 1 saturated heterocycles. The van der Waals surface area contributed by atoms with Gasteiger partial charge in [-0.15, -0.1) is 0 Å². The fourth-order valence-corrected chi connectivity index (χ4v) is 2.26. The molecular weight excluding hydrogens is 190 g/mol. The second kappa shape index (κ2) is 3.77. The Morgan fingerprint density at radius 2 is 2.27 bits per heavy atom. The van der Waals surface area contributed by atoms with Crippen LogP contribution in [0, 0.1) is 6.92 Å². The van der Waals surface area contributed by atoms with Crippen molar-refractivity contribution in [2.45, 2.75) is 38.8 Å². The first-order valence-electron chi connectivity index (χ1n) is 5.34. The maximum atomic E-state index is 11.5. The summed E-state index contributed by atoms with van der Waals surface area (Å²) in [7, 11) is 1.92. The fraction of sp³-hybridized carbons (Fsp3) is 0.636. The zero-order valence-corrected chi connectivity index (χ0v) is 9.45. The van der Waals surface area contributed by atoms with Crippen molar-refractivity contribution in [2.24, 2.45) is 7.05 Å². The highest BCUT2D eigenvalue weighted by Crippen LogP contribution is 2.23. The van der Waals surface area contributed by atoms with Gasteiger partial charge in [0.05, 0.1) is 17.4 Å². The van der Waals surface area contributed by atoms with E-state index < -0.39 is 0 Å². The molecule has 2 rings (SSSR count). The third kappa shape index (κ3) is 2.09. The molecule has 1 N–H and O–H groups in total. The van der Waals surface area contributed by atoms with E-state index in [1.165, 1.54) is 0 Å². The molecule has 0 spiro atoms. The molecule has 1 fully saturated rings. The Balaban J connectivity index is 2.23. The number of rotatable bonds is 1. The summed E-state index contributed by atoms with van der Waals surface area (Å²) in [5.41, 5.74) is 2.10. The average Bonchev–Trinajstić information content (AvgIpc) is 2.43. The number of hydrogen-bond acceptors (Lipinski definition) is 3. The van der Waals surface area contributed by atoms with E-state index in [0.717, 1.165) is 11.4 Å². The van der Waals surface area contributed by atoms with E-state index in [1.807, 2.05) is 31.6 Å². The lowest BCUT2D eigenvalue weighted by molar-refractivity contribution is -0.121. The van der Waals surface area contributed by atoms with Gasteiger partial charge >= 0.3 is 0 Å². The van der Waals surface area contributed by atoms with Crippen LogP contribution in [-0.4, -0.2) is 21.6 Å². The van der Waals surface area contributed by atoms with Gasteiger partial charge in [-0.2, -0.15) is 5.10 Å². The monoisotopic (exact) mass is 207 g/mol. The summed E-state index contributed by atoms with van der Waals surface area (Å²) in [5, 5.41) is 7.74. The maximum Gasteiger partial charge on any atom is 0.136 e. The van der Waals surface area contributed by atoms with Crippen LogP contribution < -0.4 is 5.32 Å². The second-order valence-corrected chi connectivity index (χ2v) is 4.40. The smallest absolute Gasteiger partial charge is 0.136 e. The second-order valence-electron chi connectivity index (χ2n) is 4.40. The lowest BCUT2D eigenvalue weighted by Crippen LogP contribution is -2.39. The van der Waals surface area contributed by atoms with Crippen LogP contribution in [0.3, 0.4) is 0 Å². The molecule has 15 heavy (non-hydrogen) atoms. The third-order valence-corrected chi connectivity index (χ3v) is 2.85. The van der Waals surface area contributed by atoms with Crippen molar-refractivity contribution in [2.75, 3.05) is 0 Å². The van der Waals surface area contributed by atoms with E-state index >= 15 is 0 Å². The molecule has 1 aliphatic rings. The number of Topliss-reactive ketones (excluding diaryl/α,β-unsaturated/α-hetero) is 1. The number of ketones is 1. The first-order chi connectivity index (χ1) is 7.06. The molecule has 0 radical (unpaired) electrons. The number of nitrogens with one attached hydrogen (secondary N) is 1. The molecule has 0 bridgehead atoms. The van der Waals surface area contributed by atoms with Crippen LogP contribution in [-0.2, 0) is 11.8 Å². The van der Waals surface area contributed by atoms with Gasteiger partial charge in [0, 0.05) is 25.9 Å². The molecule has 0 amide bonds. The Bertz CT molecular complexity index is 383. The van der Waals surface area contributed by atoms with Crippen LogP contribution in [0.25, 0.3) is 0 Å². The van der Waals surface area contributed by atoms with Crippen molar-refractivity contribution in [3.05, 3.63) is 17.5 Å². The van der Waals surface area contributed by atoms with Crippen molar-refractivity contribution in [1.29, 1.82) is 0 Å². The van der Waals surface area contributed by atoms with Crippen LogP contribution in [0.4, 0.5) is 0 Å². The predicted octanol–water partition coefficient (Wildman–Crippen LogP) is 1.11. The van der Waals surface area contributed by atoms with Gasteiger partial charge in [-0.1, -0.05) is 0 Å². The molecule has 2 unspecified atom stereocenters. The Morgan fingerprint density at radius 1 is 1.53 bits per heavy atom. The van der Waals surface area contributed by atoms with Crippen LogP contribution in [0.5, 0.6) is 0 Å². The molecule has 0 saturated carbocycles. The van der Waals surface area contributed by atoms with Gasteiger partial charge in [-0.05, 0) is 19.9 Å². The fourth-order valence-electron chi connectivity index (χ4n) is 2.26. The minimum Gasteiger partial charge on any atom is -0.305 e. The largest absolute Gasteiger partial charge is 0.305 e. The minimum absolute atomic E-state index is 0.132. The Labute approximate surface area is 89.7 Å². The zero-order valence-electron chi connectivity index (χ0n) is 9.45. The van der Waals surface area contributed by atoms with Gasteiger partial charge in [0.25, 0.3) is 0 Å². The summed E-state index contributed by atoms with van der Waals surface area (Å²) in [6.07, 6.45) is 1.23. The van der Waals surface area contributed by atoms with Gasteiger partial charge in [0.15, 0.2) is 0 Å². The van der Waals surface area contributed by atoms with E-state index in [9.17, 15) is 4.79 Å². The highest BCUT2D eigenvalue weighted by Gasteiger charge is 2.26. The summed E-state index contributed by atoms with van der Waals surface area (Å²) >= 11 is 0. The number of carbonyl (C=O) groups is 1.